The van der Waals surface area contributed by atoms with Crippen LogP contribution in [0.4, 0.5) is 0 Å². The lowest BCUT2D eigenvalue weighted by Crippen LogP contribution is -3.08. The highest BCUT2D eigenvalue weighted by Crippen LogP contribution is 2.34. The minimum absolute atomic E-state index is 0.753. The molecule has 1 atom stereocenters. The molecule has 0 radical (unpaired) electrons. The van der Waals surface area contributed by atoms with E-state index in [0.29, 0.717) is 0 Å². The highest BCUT2D eigenvalue weighted by Gasteiger charge is 2.25. The Kier molecular flexibility index (Phi) is 3.36. The molecule has 3 aromatic heterocycles. The van der Waals surface area contributed by atoms with Gasteiger partial charge in [-0.3, -0.25) is 0 Å². The second-order valence-corrected chi connectivity index (χ2v) is 7.99. The van der Waals surface area contributed by atoms with Crippen LogP contribution < -0.4 is 4.90 Å². The second-order valence-electron chi connectivity index (χ2n) is 6.90. The number of likely N-dealkylation sites (N-methyl/N-ethyl adjacent to an activating group) is 1. The van der Waals surface area contributed by atoms with Gasteiger partial charge in [0.1, 0.15) is 17.2 Å². The molecule has 1 aromatic carbocycles. The van der Waals surface area contributed by atoms with Crippen molar-refractivity contribution < 1.29 is 4.90 Å². The average molecular weight is 350 g/mol. The first-order valence-corrected chi connectivity index (χ1v) is 9.52. The predicted octanol–water partition coefficient (Wildman–Crippen LogP) is 1.81. The summed E-state index contributed by atoms with van der Waals surface area (Å²) in [5.41, 5.74) is 3.66. The van der Waals surface area contributed by atoms with Gasteiger partial charge in [0.2, 0.25) is 0 Å². The molecule has 0 saturated carbocycles. The van der Waals surface area contributed by atoms with Gasteiger partial charge in [0, 0.05) is 12.8 Å². The van der Waals surface area contributed by atoms with Gasteiger partial charge in [0.15, 0.2) is 11.5 Å². The summed E-state index contributed by atoms with van der Waals surface area (Å²) in [4.78, 5) is 13.9. The van der Waals surface area contributed by atoms with Crippen LogP contribution >= 0.6 is 11.3 Å². The summed E-state index contributed by atoms with van der Waals surface area (Å²) in [5, 5.41) is 5.97. The summed E-state index contributed by atoms with van der Waals surface area (Å²) in [6.45, 7) is 4.28. The molecule has 1 aliphatic heterocycles. The van der Waals surface area contributed by atoms with Crippen LogP contribution in [0.3, 0.4) is 0 Å². The topological polar surface area (TPSA) is 47.5 Å². The number of thiophene rings is 1. The zero-order valence-corrected chi connectivity index (χ0v) is 15.2. The second kappa shape index (κ2) is 5.61. The van der Waals surface area contributed by atoms with Gasteiger partial charge < -0.3 is 4.90 Å². The zero-order chi connectivity index (χ0) is 17.0. The molecule has 5 nitrogen and oxygen atoms in total. The van der Waals surface area contributed by atoms with Crippen molar-refractivity contribution in [2.45, 2.75) is 26.3 Å². The lowest BCUT2D eigenvalue weighted by Gasteiger charge is -2.19. The minimum Gasteiger partial charge on any atom is -0.333 e. The van der Waals surface area contributed by atoms with Gasteiger partial charge in [-0.2, -0.15) is 4.52 Å². The molecule has 0 spiro atoms. The molecule has 0 fully saturated rings. The lowest BCUT2D eigenvalue weighted by atomic mass is 10.1. The maximum atomic E-state index is 4.91. The molecule has 0 aliphatic carbocycles. The van der Waals surface area contributed by atoms with Gasteiger partial charge in [-0.25, -0.2) is 9.97 Å². The number of nitrogens with one attached hydrogen (secondary N) is 1. The van der Waals surface area contributed by atoms with Crippen molar-refractivity contribution >= 4 is 27.2 Å². The smallest absolute Gasteiger partial charge is 0.168 e. The van der Waals surface area contributed by atoms with Crippen LogP contribution in [0.25, 0.3) is 15.9 Å². The molecule has 0 amide bonds. The number of benzene rings is 1. The molecule has 0 bridgehead atoms. The Balaban J connectivity index is 1.69. The van der Waals surface area contributed by atoms with E-state index in [1.807, 2.05) is 28.8 Å². The first-order chi connectivity index (χ1) is 12.2. The third-order valence-electron chi connectivity index (χ3n) is 4.99. The van der Waals surface area contributed by atoms with Gasteiger partial charge >= 0.3 is 0 Å². The summed E-state index contributed by atoms with van der Waals surface area (Å²) in [6, 6.07) is 10.4. The number of aromatic nitrogens is 4. The summed E-state index contributed by atoms with van der Waals surface area (Å²) in [5.74, 6) is 1.77. The minimum atomic E-state index is 0.753. The van der Waals surface area contributed by atoms with Gasteiger partial charge in [-0.05, 0) is 18.1 Å². The Morgan fingerprint density at radius 2 is 2.04 bits per heavy atom. The van der Waals surface area contributed by atoms with Crippen LogP contribution in [0.2, 0.25) is 0 Å². The average Bonchev–Trinajstić information content (AvgIpc) is 3.16. The fourth-order valence-electron chi connectivity index (χ4n) is 3.71. The normalized spacial score (nSPS) is 17.3. The molecular weight excluding hydrogens is 330 g/mol. The fraction of sp³-hybridized carbons (Fsp3) is 0.316. The molecule has 4 aromatic rings. The van der Waals surface area contributed by atoms with Gasteiger partial charge in [0.05, 0.1) is 23.9 Å². The monoisotopic (exact) mass is 350 g/mol. The van der Waals surface area contributed by atoms with E-state index >= 15 is 0 Å². The van der Waals surface area contributed by atoms with Gasteiger partial charge in [0.25, 0.3) is 0 Å². The van der Waals surface area contributed by atoms with Gasteiger partial charge in [-0.1, -0.05) is 30.3 Å². The maximum absolute atomic E-state index is 4.91. The van der Waals surface area contributed by atoms with E-state index in [1.54, 1.807) is 4.90 Å². The van der Waals surface area contributed by atoms with Crippen LogP contribution in [-0.2, 0) is 19.4 Å². The third kappa shape index (κ3) is 2.44. The van der Waals surface area contributed by atoms with Crippen LogP contribution in [-0.4, -0.2) is 33.2 Å². The number of quaternary nitrogens is 1. The van der Waals surface area contributed by atoms with Crippen molar-refractivity contribution in [1.29, 1.82) is 0 Å². The molecule has 126 valence electrons. The maximum Gasteiger partial charge on any atom is 0.168 e. The van der Waals surface area contributed by atoms with E-state index in [4.69, 9.17) is 15.1 Å². The first-order valence-electron chi connectivity index (χ1n) is 8.71. The fourth-order valence-corrected chi connectivity index (χ4v) is 5.08. The quantitative estimate of drug-likeness (QED) is 0.600. The molecular formula is C19H20N5S+. The SMILES string of the molecule is Cc1nc2sc3c(c2c2nc(Cc4ccccc4)nn12)CC[NH+](C)C3. The Morgan fingerprint density at radius 1 is 1.20 bits per heavy atom. The molecule has 6 heteroatoms. The van der Waals surface area contributed by atoms with Crippen molar-refractivity contribution in [3.05, 3.63) is 58.0 Å². The number of fused-ring (bicyclic) bond motifs is 5. The zero-order valence-electron chi connectivity index (χ0n) is 14.4. The highest BCUT2D eigenvalue weighted by atomic mass is 32.1. The molecule has 1 aliphatic rings. The first kappa shape index (κ1) is 15.0. The van der Waals surface area contributed by atoms with Crippen LogP contribution in [0.1, 0.15) is 27.7 Å². The van der Waals surface area contributed by atoms with Gasteiger partial charge in [-0.15, -0.1) is 16.4 Å². The number of rotatable bonds is 2. The molecule has 4 heterocycles. The lowest BCUT2D eigenvalue weighted by molar-refractivity contribution is -0.895. The standard InChI is InChI=1S/C19H19N5S/c1-12-20-19-17(14-8-9-23(2)11-15(14)25-19)18-21-16(22-24(12)18)10-13-6-4-3-5-7-13/h3-7H,8-11H2,1-2H3/p+1. The molecule has 5 rings (SSSR count). The van der Waals surface area contributed by atoms with Crippen molar-refractivity contribution in [1.82, 2.24) is 19.6 Å². The Bertz CT molecular complexity index is 1080. The number of hydrogen-bond acceptors (Lipinski definition) is 4. The molecule has 0 saturated heterocycles. The van der Waals surface area contributed by atoms with E-state index in [-0.39, 0.29) is 0 Å². The van der Waals surface area contributed by atoms with Crippen molar-refractivity contribution in [2.75, 3.05) is 13.6 Å². The summed E-state index contributed by atoms with van der Waals surface area (Å²) < 4.78 is 1.93. The molecule has 1 N–H and O–H groups in total. The number of nitrogens with zero attached hydrogens (tertiary/aromatic N) is 4. The largest absolute Gasteiger partial charge is 0.333 e. The van der Waals surface area contributed by atoms with E-state index in [1.165, 1.54) is 27.9 Å². The van der Waals surface area contributed by atoms with Crippen molar-refractivity contribution in [3.63, 3.8) is 0 Å². The molecule has 25 heavy (non-hydrogen) atoms. The van der Waals surface area contributed by atoms with Crippen molar-refractivity contribution in [3.8, 4) is 0 Å². The van der Waals surface area contributed by atoms with E-state index < -0.39 is 0 Å². The summed E-state index contributed by atoms with van der Waals surface area (Å²) in [7, 11) is 2.26. The third-order valence-corrected chi connectivity index (χ3v) is 6.11. The Hall–Kier alpha value is -2.31. The Morgan fingerprint density at radius 3 is 2.88 bits per heavy atom. The van der Waals surface area contributed by atoms with Crippen LogP contribution in [0.5, 0.6) is 0 Å². The number of aryl methyl sites for hydroxylation is 1. The van der Waals surface area contributed by atoms with Crippen molar-refractivity contribution in [2.24, 2.45) is 0 Å². The van der Waals surface area contributed by atoms with E-state index in [0.717, 1.165) is 41.5 Å². The van der Waals surface area contributed by atoms with Crippen LogP contribution in [0, 0.1) is 6.92 Å². The predicted molar refractivity (Wildman–Crippen MR) is 99.3 cm³/mol. The number of hydrogen-bond donors (Lipinski definition) is 1. The van der Waals surface area contributed by atoms with E-state index in [9.17, 15) is 0 Å². The Labute approximate surface area is 149 Å². The summed E-state index contributed by atoms with van der Waals surface area (Å²) in [6.07, 6.45) is 1.85. The highest BCUT2D eigenvalue weighted by molar-refractivity contribution is 7.19. The molecule has 1 unspecified atom stereocenters. The van der Waals surface area contributed by atoms with E-state index in [2.05, 4.69) is 31.3 Å². The summed E-state index contributed by atoms with van der Waals surface area (Å²) >= 11 is 1.83. The van der Waals surface area contributed by atoms with Crippen LogP contribution in [0.15, 0.2) is 30.3 Å².